The molecule has 0 aliphatic heterocycles. The number of rotatable bonds is 4. The Hall–Kier alpha value is -1.86. The van der Waals surface area contributed by atoms with Crippen molar-refractivity contribution in [3.05, 3.63) is 47.5 Å². The van der Waals surface area contributed by atoms with Gasteiger partial charge in [0, 0.05) is 23.7 Å². The third-order valence-electron chi connectivity index (χ3n) is 2.38. The summed E-state index contributed by atoms with van der Waals surface area (Å²) in [7, 11) is 0. The summed E-state index contributed by atoms with van der Waals surface area (Å²) in [5.74, 6) is -0.725. The fourth-order valence-electron chi connectivity index (χ4n) is 1.49. The maximum absolute atomic E-state index is 14.0. The number of benzene rings is 1. The van der Waals surface area contributed by atoms with Gasteiger partial charge in [-0.05, 0) is 18.6 Å². The lowest BCUT2D eigenvalue weighted by atomic mass is 10.2. The minimum Gasteiger partial charge on any atom is -0.772 e. The number of nitrogens with one attached hydrogen (secondary N) is 1. The van der Waals surface area contributed by atoms with E-state index in [1.807, 2.05) is 6.92 Å². The minimum atomic E-state index is -2.33. The average Bonchev–Trinajstić information content (AvgIpc) is 2.36. The highest BCUT2D eigenvalue weighted by Gasteiger charge is 2.09. The quantitative estimate of drug-likeness (QED) is 0.867. The Balaban J connectivity index is 2.25. The fraction of sp³-hybridized carbons (Fsp3) is 0.167. The van der Waals surface area contributed by atoms with Crippen LogP contribution in [0.2, 0.25) is 0 Å². The van der Waals surface area contributed by atoms with E-state index in [0.29, 0.717) is 0 Å². The summed E-state index contributed by atoms with van der Waals surface area (Å²) in [6.07, 6.45) is 3.20. The van der Waals surface area contributed by atoms with Crippen molar-refractivity contribution in [1.82, 2.24) is 9.97 Å². The molecule has 2 aromatic rings. The van der Waals surface area contributed by atoms with Crippen molar-refractivity contribution >= 4 is 22.7 Å². The molecule has 1 atom stereocenters. The Morgan fingerprint density at radius 3 is 2.68 bits per heavy atom. The standard InChI is InChI=1S/C12H12FN3O2S/c1-8-5-14-12(15-6-8)16-10-4-2-3-9(11(10)13)7-19(17)18/h2-6H,7H2,1H3,(H,17,18)(H,14,15,16)/p-1. The number of anilines is 2. The molecule has 0 saturated carbocycles. The summed E-state index contributed by atoms with van der Waals surface area (Å²) < 4.78 is 35.2. The van der Waals surface area contributed by atoms with E-state index in [0.717, 1.165) is 5.56 Å². The first-order valence-electron chi connectivity index (χ1n) is 5.45. The lowest BCUT2D eigenvalue weighted by Gasteiger charge is -2.10. The van der Waals surface area contributed by atoms with Gasteiger partial charge >= 0.3 is 0 Å². The van der Waals surface area contributed by atoms with E-state index < -0.39 is 16.9 Å². The summed E-state index contributed by atoms with van der Waals surface area (Å²) >= 11 is -2.33. The Bertz CT molecular complexity index is 604. The Morgan fingerprint density at radius 1 is 1.37 bits per heavy atom. The molecule has 0 aliphatic carbocycles. The van der Waals surface area contributed by atoms with Gasteiger partial charge in [0.1, 0.15) is 0 Å². The number of hydrogen-bond acceptors (Lipinski definition) is 5. The van der Waals surface area contributed by atoms with Crippen LogP contribution in [0.3, 0.4) is 0 Å². The lowest BCUT2D eigenvalue weighted by molar-refractivity contribution is 0.533. The minimum absolute atomic E-state index is 0.102. The Labute approximate surface area is 112 Å². The van der Waals surface area contributed by atoms with Crippen LogP contribution in [0.5, 0.6) is 0 Å². The average molecular weight is 280 g/mol. The molecule has 7 heteroatoms. The Kier molecular flexibility index (Phi) is 4.18. The summed E-state index contributed by atoms with van der Waals surface area (Å²) in [6.45, 7) is 1.84. The molecular weight excluding hydrogens is 269 g/mol. The molecule has 0 amide bonds. The second kappa shape index (κ2) is 5.85. The number of aromatic nitrogens is 2. The van der Waals surface area contributed by atoms with Crippen LogP contribution in [0.1, 0.15) is 11.1 Å². The maximum atomic E-state index is 14.0. The lowest BCUT2D eigenvalue weighted by Crippen LogP contribution is -2.03. The largest absolute Gasteiger partial charge is 0.772 e. The first kappa shape index (κ1) is 13.6. The molecule has 0 radical (unpaired) electrons. The van der Waals surface area contributed by atoms with E-state index >= 15 is 0 Å². The highest BCUT2D eigenvalue weighted by molar-refractivity contribution is 7.78. The van der Waals surface area contributed by atoms with Crippen LogP contribution in [0.4, 0.5) is 16.0 Å². The van der Waals surface area contributed by atoms with Gasteiger partial charge in [-0.2, -0.15) is 0 Å². The van der Waals surface area contributed by atoms with E-state index in [2.05, 4.69) is 15.3 Å². The van der Waals surface area contributed by atoms with E-state index in [1.54, 1.807) is 18.5 Å². The van der Waals surface area contributed by atoms with Gasteiger partial charge in [-0.1, -0.05) is 23.2 Å². The van der Waals surface area contributed by atoms with Crippen molar-refractivity contribution in [2.75, 3.05) is 5.32 Å². The van der Waals surface area contributed by atoms with Crippen molar-refractivity contribution < 1.29 is 13.2 Å². The Morgan fingerprint density at radius 2 is 2.05 bits per heavy atom. The number of nitrogens with zero attached hydrogens (tertiary/aromatic N) is 2. The molecule has 0 aliphatic rings. The van der Waals surface area contributed by atoms with Crippen LogP contribution in [-0.4, -0.2) is 18.7 Å². The SMILES string of the molecule is Cc1cnc(Nc2cccc(CS(=O)[O-])c2F)nc1. The van der Waals surface area contributed by atoms with Crippen LogP contribution in [0.15, 0.2) is 30.6 Å². The monoisotopic (exact) mass is 280 g/mol. The van der Waals surface area contributed by atoms with Crippen LogP contribution >= 0.6 is 0 Å². The van der Waals surface area contributed by atoms with Gasteiger partial charge in [0.25, 0.3) is 0 Å². The molecule has 5 nitrogen and oxygen atoms in total. The van der Waals surface area contributed by atoms with Gasteiger partial charge in [0.2, 0.25) is 5.95 Å². The van der Waals surface area contributed by atoms with E-state index in [4.69, 9.17) is 0 Å². The maximum Gasteiger partial charge on any atom is 0.227 e. The molecule has 0 saturated heterocycles. The van der Waals surface area contributed by atoms with Crippen molar-refractivity contribution in [3.8, 4) is 0 Å². The van der Waals surface area contributed by atoms with E-state index in [1.165, 1.54) is 12.1 Å². The summed E-state index contributed by atoms with van der Waals surface area (Å²) in [5, 5.41) is 2.71. The molecule has 1 aromatic carbocycles. The fourth-order valence-corrected chi connectivity index (χ4v) is 1.97. The smallest absolute Gasteiger partial charge is 0.227 e. The summed E-state index contributed by atoms with van der Waals surface area (Å²) in [5.41, 5.74) is 1.14. The van der Waals surface area contributed by atoms with Crippen molar-refractivity contribution in [1.29, 1.82) is 0 Å². The molecule has 19 heavy (non-hydrogen) atoms. The zero-order chi connectivity index (χ0) is 13.8. The van der Waals surface area contributed by atoms with Gasteiger partial charge < -0.3 is 9.87 Å². The number of halogens is 1. The molecule has 100 valence electrons. The number of aryl methyl sites for hydroxylation is 1. The van der Waals surface area contributed by atoms with Crippen molar-refractivity contribution in [2.24, 2.45) is 0 Å². The second-order valence-electron chi connectivity index (χ2n) is 3.94. The van der Waals surface area contributed by atoms with Crippen LogP contribution in [-0.2, 0) is 16.8 Å². The van der Waals surface area contributed by atoms with Crippen molar-refractivity contribution in [2.45, 2.75) is 12.7 Å². The van der Waals surface area contributed by atoms with Gasteiger partial charge in [-0.3, -0.25) is 4.21 Å². The van der Waals surface area contributed by atoms with Crippen molar-refractivity contribution in [3.63, 3.8) is 0 Å². The van der Waals surface area contributed by atoms with Gasteiger partial charge in [-0.25, -0.2) is 14.4 Å². The predicted octanol–water partition coefficient (Wildman–Crippen LogP) is 2.05. The zero-order valence-electron chi connectivity index (χ0n) is 10.1. The van der Waals surface area contributed by atoms with Crippen LogP contribution in [0.25, 0.3) is 0 Å². The van der Waals surface area contributed by atoms with Crippen LogP contribution < -0.4 is 5.32 Å². The molecule has 2 rings (SSSR count). The molecule has 1 unspecified atom stereocenters. The molecule has 1 heterocycles. The topological polar surface area (TPSA) is 77.9 Å². The third kappa shape index (κ3) is 3.55. The predicted molar refractivity (Wildman–Crippen MR) is 69.1 cm³/mol. The van der Waals surface area contributed by atoms with Gasteiger partial charge in [0.15, 0.2) is 5.82 Å². The first-order valence-corrected chi connectivity index (χ1v) is 6.69. The molecule has 0 spiro atoms. The van der Waals surface area contributed by atoms with Gasteiger partial charge in [-0.15, -0.1) is 0 Å². The molecule has 0 fully saturated rings. The molecule has 1 N–H and O–H groups in total. The first-order chi connectivity index (χ1) is 9.06. The second-order valence-corrected chi connectivity index (χ2v) is 4.83. The normalized spacial score (nSPS) is 12.2. The van der Waals surface area contributed by atoms with E-state index in [9.17, 15) is 13.2 Å². The molecule has 0 bridgehead atoms. The zero-order valence-corrected chi connectivity index (χ0v) is 10.9. The highest BCUT2D eigenvalue weighted by Crippen LogP contribution is 2.21. The number of hydrogen-bond donors (Lipinski definition) is 1. The molecular formula is C12H11FN3O2S-. The summed E-state index contributed by atoms with van der Waals surface area (Å²) in [4.78, 5) is 7.99. The highest BCUT2D eigenvalue weighted by atomic mass is 32.2. The van der Waals surface area contributed by atoms with E-state index in [-0.39, 0.29) is 23.0 Å². The summed E-state index contributed by atoms with van der Waals surface area (Å²) in [6, 6.07) is 4.49. The van der Waals surface area contributed by atoms with Gasteiger partial charge in [0.05, 0.1) is 5.69 Å². The van der Waals surface area contributed by atoms with Crippen LogP contribution in [0, 0.1) is 12.7 Å². The molecule has 1 aromatic heterocycles. The third-order valence-corrected chi connectivity index (χ3v) is 2.93.